The molecule has 0 aliphatic carbocycles. The number of esters is 2. The van der Waals surface area contributed by atoms with E-state index < -0.39 is 11.9 Å². The van der Waals surface area contributed by atoms with Crippen molar-refractivity contribution in [3.05, 3.63) is 122 Å². The summed E-state index contributed by atoms with van der Waals surface area (Å²) >= 11 is 0. The number of likely N-dealkylation sites (N-methyl/N-ethyl adjacent to an activating group) is 2. The van der Waals surface area contributed by atoms with Crippen molar-refractivity contribution in [2.45, 2.75) is 83.6 Å². The van der Waals surface area contributed by atoms with E-state index in [-0.39, 0.29) is 58.3 Å². The second-order valence-electron chi connectivity index (χ2n) is 18.6. The molecule has 2 aliphatic heterocycles. The average Bonchev–Trinajstić information content (AvgIpc) is 3.38. The van der Waals surface area contributed by atoms with Gasteiger partial charge in [-0.2, -0.15) is 0 Å². The van der Waals surface area contributed by atoms with Gasteiger partial charge in [-0.15, -0.1) is 0 Å². The lowest BCUT2D eigenvalue weighted by Crippen LogP contribution is -2.52. The van der Waals surface area contributed by atoms with Gasteiger partial charge in [0.1, 0.15) is 17.8 Å². The summed E-state index contributed by atoms with van der Waals surface area (Å²) in [7, 11) is 12.3. The minimum Gasteiger partial charge on any atom is -0.496 e. The molecule has 70 heavy (non-hydrogen) atoms. The molecule has 0 saturated heterocycles. The quantitative estimate of drug-likeness (QED) is 0.0275. The minimum absolute atomic E-state index is 0.0343. The zero-order valence-corrected chi connectivity index (χ0v) is 41.8. The van der Waals surface area contributed by atoms with E-state index in [2.05, 4.69) is 14.1 Å². The number of nitrogens with zero attached hydrogens (tertiary/aromatic N) is 2. The fourth-order valence-electron chi connectivity index (χ4n) is 10.6. The predicted octanol–water partition coefficient (Wildman–Crippen LogP) is 4.89. The summed E-state index contributed by atoms with van der Waals surface area (Å²) in [6.07, 6.45) is 5.98. The highest BCUT2D eigenvalue weighted by Crippen LogP contribution is 2.44. The lowest BCUT2D eigenvalue weighted by molar-refractivity contribution is -0.941. The summed E-state index contributed by atoms with van der Waals surface area (Å²) in [6.45, 7) is 2.01. The highest BCUT2D eigenvalue weighted by atomic mass is 16.5. The summed E-state index contributed by atoms with van der Waals surface area (Å²) in [5.74, 6) is 1.52. The number of aliphatic hydroxyl groups excluding tert-OH is 5. The third kappa shape index (κ3) is 12.1. The molecule has 16 nitrogen and oxygen atoms in total. The van der Waals surface area contributed by atoms with E-state index in [1.807, 2.05) is 48.5 Å². The monoisotopic (exact) mass is 972 g/mol. The number of methoxy groups -OCH3 is 5. The van der Waals surface area contributed by atoms with E-state index in [1.54, 1.807) is 28.4 Å². The number of aliphatic hydroxyl groups is 5. The molecule has 0 amide bonds. The van der Waals surface area contributed by atoms with E-state index in [1.165, 1.54) is 7.11 Å². The van der Waals surface area contributed by atoms with Crippen LogP contribution in [0.15, 0.2) is 60.7 Å². The molecule has 380 valence electrons. The zero-order valence-electron chi connectivity index (χ0n) is 41.8. The molecule has 6 rings (SSSR count). The molecule has 4 aromatic carbocycles. The molecular formula is C54H72N2O14+2. The van der Waals surface area contributed by atoms with Crippen LogP contribution in [-0.2, 0) is 77.8 Å². The smallest absolute Gasteiger partial charge is 0.331 e. The Bertz CT molecular complexity index is 2270. The molecule has 2 heterocycles. The van der Waals surface area contributed by atoms with Gasteiger partial charge < -0.3 is 67.7 Å². The van der Waals surface area contributed by atoms with Crippen LogP contribution in [0.2, 0.25) is 0 Å². The van der Waals surface area contributed by atoms with Crippen LogP contribution in [-0.4, -0.2) is 135 Å². The van der Waals surface area contributed by atoms with Crippen LogP contribution < -0.4 is 23.7 Å². The fraction of sp³-hybridized carbons (Fsp3) is 0.481. The molecular weight excluding hydrogens is 901 g/mol. The predicted molar refractivity (Wildman–Crippen MR) is 261 cm³/mol. The second kappa shape index (κ2) is 24.4. The first kappa shape index (κ1) is 53.6. The normalized spacial score (nSPS) is 19.5. The Morgan fingerprint density at radius 2 is 0.986 bits per heavy atom. The molecule has 0 fully saturated rings. The first-order chi connectivity index (χ1) is 33.7. The number of benzene rings is 4. The molecule has 5 N–H and O–H groups in total. The summed E-state index contributed by atoms with van der Waals surface area (Å²) in [5.41, 5.74) is 9.40. The summed E-state index contributed by atoms with van der Waals surface area (Å²) in [5, 5.41) is 50.7. The molecule has 0 aromatic heterocycles. The van der Waals surface area contributed by atoms with Crippen molar-refractivity contribution < 1.29 is 77.2 Å². The standard InChI is InChI=1S/C54H72N2O14/c1-55(16-12-37-26-39(30-57)40(31-58)27-43(37)46(55)22-35-20-41(32-59)45(34-61)48(24-35)64-3)14-8-18-69-52(62)10-11-53(63)70-19-9-15-56(2)17-13-38-28-49(65-4)50(66-5)29-44(38)47(56)23-36-21-42(33-60)54(68-7)51(25-36)67-6/h10-11,20-21,24-29,46-47,57-61H,8-9,12-19,22-23,30-34H2,1-7H3/q+2/b11-10-/t46-,47-,55-,56-/m1/s1. The van der Waals surface area contributed by atoms with Crippen LogP contribution in [0.4, 0.5) is 0 Å². The molecule has 16 heteroatoms. The van der Waals surface area contributed by atoms with Crippen LogP contribution in [0, 0.1) is 0 Å². The van der Waals surface area contributed by atoms with Gasteiger partial charge in [-0.1, -0.05) is 12.1 Å². The molecule has 0 radical (unpaired) electrons. The number of hydrogen-bond acceptors (Lipinski definition) is 14. The lowest BCUT2D eigenvalue weighted by Gasteiger charge is -2.46. The topological polar surface area (TPSA) is 200 Å². The number of carbonyl (C=O) groups excluding carboxylic acids is 2. The van der Waals surface area contributed by atoms with Crippen molar-refractivity contribution in [2.24, 2.45) is 0 Å². The average molecular weight is 973 g/mol. The summed E-state index contributed by atoms with van der Waals surface area (Å²) < 4.78 is 40.6. The fourth-order valence-corrected chi connectivity index (χ4v) is 10.6. The van der Waals surface area contributed by atoms with Crippen LogP contribution in [0.5, 0.6) is 28.7 Å². The Morgan fingerprint density at radius 1 is 0.529 bits per heavy atom. The number of quaternary nitrogens is 2. The summed E-state index contributed by atoms with van der Waals surface area (Å²) in [4.78, 5) is 25.7. The van der Waals surface area contributed by atoms with Crippen LogP contribution in [0.1, 0.15) is 86.1 Å². The zero-order chi connectivity index (χ0) is 50.6. The molecule has 0 spiro atoms. The Morgan fingerprint density at radius 3 is 1.47 bits per heavy atom. The molecule has 0 unspecified atom stereocenters. The molecule has 4 atom stereocenters. The number of hydrogen-bond donors (Lipinski definition) is 5. The Hall–Kier alpha value is -5.72. The third-order valence-electron chi connectivity index (χ3n) is 14.5. The Labute approximate surface area is 411 Å². The van der Waals surface area contributed by atoms with E-state index in [9.17, 15) is 35.1 Å². The summed E-state index contributed by atoms with van der Waals surface area (Å²) in [6, 6.07) is 15.6. The van der Waals surface area contributed by atoms with E-state index in [0.29, 0.717) is 104 Å². The van der Waals surface area contributed by atoms with Gasteiger partial charge in [0.15, 0.2) is 23.0 Å². The highest BCUT2D eigenvalue weighted by molar-refractivity contribution is 5.91. The largest absolute Gasteiger partial charge is 0.496 e. The van der Waals surface area contributed by atoms with Crippen LogP contribution in [0.3, 0.4) is 0 Å². The second-order valence-corrected chi connectivity index (χ2v) is 18.6. The number of rotatable bonds is 24. The van der Waals surface area contributed by atoms with Crippen molar-refractivity contribution in [1.82, 2.24) is 0 Å². The van der Waals surface area contributed by atoms with Crippen molar-refractivity contribution >= 4 is 11.9 Å². The van der Waals surface area contributed by atoms with Gasteiger partial charge in [0.05, 0.1) is 122 Å². The van der Waals surface area contributed by atoms with Crippen molar-refractivity contribution in [1.29, 1.82) is 0 Å². The minimum atomic E-state index is -0.656. The number of ether oxygens (including phenoxy) is 7. The van der Waals surface area contributed by atoms with Gasteiger partial charge in [0.25, 0.3) is 0 Å². The number of carbonyl (C=O) groups is 2. The van der Waals surface area contributed by atoms with Gasteiger partial charge in [0.2, 0.25) is 0 Å². The molecule has 2 aliphatic rings. The number of fused-ring (bicyclic) bond motifs is 2. The molecule has 0 bridgehead atoms. The van der Waals surface area contributed by atoms with Gasteiger partial charge in [-0.05, 0) is 75.3 Å². The SMILES string of the molecule is COc1cc2c(cc1OC)[C@@H](Cc1cc(CO)c(OC)c(OC)c1)[N@+](C)(CCCOC(=O)/C=C\C(=O)OCCC[N@+]1(C)CCc3cc(CO)c(CO)cc3[C@H]1Cc1cc(CO)c(CO)c(OC)c1)CC2. The maximum Gasteiger partial charge on any atom is 0.331 e. The van der Waals surface area contributed by atoms with Crippen molar-refractivity contribution in [3.63, 3.8) is 0 Å². The molecule has 4 aromatic rings. The maximum absolute atomic E-state index is 12.9. The van der Waals surface area contributed by atoms with Crippen molar-refractivity contribution in [3.8, 4) is 28.7 Å². The third-order valence-corrected chi connectivity index (χ3v) is 14.5. The first-order valence-corrected chi connectivity index (χ1v) is 23.8. The Balaban J connectivity index is 1.07. The first-order valence-electron chi connectivity index (χ1n) is 23.8. The highest BCUT2D eigenvalue weighted by Gasteiger charge is 2.41. The van der Waals surface area contributed by atoms with Gasteiger partial charge in [-0.25, -0.2) is 9.59 Å². The van der Waals surface area contributed by atoms with E-state index >= 15 is 0 Å². The molecule has 0 saturated carbocycles. The van der Waals surface area contributed by atoms with E-state index in [4.69, 9.17) is 33.2 Å². The van der Waals surface area contributed by atoms with Gasteiger partial charge in [-0.3, -0.25) is 0 Å². The van der Waals surface area contributed by atoms with Crippen LogP contribution in [0.25, 0.3) is 0 Å². The maximum atomic E-state index is 12.9. The van der Waals surface area contributed by atoms with E-state index in [0.717, 1.165) is 71.5 Å². The van der Waals surface area contributed by atoms with Crippen LogP contribution >= 0.6 is 0 Å². The van der Waals surface area contributed by atoms with Gasteiger partial charge >= 0.3 is 11.9 Å². The lowest BCUT2D eigenvalue weighted by atomic mass is 9.83. The van der Waals surface area contributed by atoms with Crippen molar-refractivity contribution in [2.75, 3.05) is 89.0 Å². The van der Waals surface area contributed by atoms with Gasteiger partial charge in [0, 0.05) is 72.9 Å². The Kier molecular flexibility index (Phi) is 18.7.